The number of ether oxygens (including phenoxy) is 2. The molecule has 2 bridgehead atoms. The second kappa shape index (κ2) is 9.08. The standard InChI is InChI=1S/C25H28N4O5/c1-5-14-29-19(17-10-6-8-12-26-17)24(22(31)33-3)15-28(2)16-25(21(24)30,23(32)34-4)20(29)18-11-7-9-13-27-18/h5-13,19-20H,1,14-16H2,2-4H3/t19-,20-,24?,25?/m0/s1. The number of pyridine rings is 2. The maximum atomic E-state index is 14.6. The number of piperidine rings is 2. The molecule has 2 aromatic heterocycles. The van der Waals surface area contributed by atoms with Gasteiger partial charge >= 0.3 is 11.9 Å². The van der Waals surface area contributed by atoms with E-state index in [0.29, 0.717) is 11.4 Å². The van der Waals surface area contributed by atoms with Gasteiger partial charge in [-0.15, -0.1) is 6.58 Å². The third-order valence-electron chi connectivity index (χ3n) is 6.82. The summed E-state index contributed by atoms with van der Waals surface area (Å²) in [5.41, 5.74) is -2.42. The number of fused-ring (bicyclic) bond motifs is 2. The lowest BCUT2D eigenvalue weighted by atomic mass is 9.54. The van der Waals surface area contributed by atoms with Crippen LogP contribution in [0.1, 0.15) is 23.5 Å². The second-order valence-corrected chi connectivity index (χ2v) is 8.73. The molecule has 4 atom stereocenters. The van der Waals surface area contributed by atoms with E-state index in [-0.39, 0.29) is 19.6 Å². The summed E-state index contributed by atoms with van der Waals surface area (Å²) in [6.45, 7) is 4.28. The fourth-order valence-electron chi connectivity index (χ4n) is 5.77. The van der Waals surface area contributed by atoms with Gasteiger partial charge in [0.2, 0.25) is 0 Å². The van der Waals surface area contributed by atoms with E-state index in [1.165, 1.54) is 14.2 Å². The second-order valence-electron chi connectivity index (χ2n) is 8.73. The third-order valence-corrected chi connectivity index (χ3v) is 6.82. The summed E-state index contributed by atoms with van der Waals surface area (Å²) < 4.78 is 10.5. The summed E-state index contributed by atoms with van der Waals surface area (Å²) >= 11 is 0. The molecule has 0 N–H and O–H groups in total. The Labute approximate surface area is 198 Å². The van der Waals surface area contributed by atoms with Crippen LogP contribution in [0.3, 0.4) is 0 Å². The van der Waals surface area contributed by atoms with E-state index in [1.807, 2.05) is 9.80 Å². The van der Waals surface area contributed by atoms with Gasteiger partial charge < -0.3 is 14.4 Å². The molecule has 0 saturated carbocycles. The van der Waals surface area contributed by atoms with E-state index >= 15 is 0 Å². The Kier molecular flexibility index (Phi) is 6.33. The summed E-state index contributed by atoms with van der Waals surface area (Å²) in [5.74, 6) is -1.98. The zero-order valence-corrected chi connectivity index (χ0v) is 19.5. The van der Waals surface area contributed by atoms with Crippen molar-refractivity contribution in [3.63, 3.8) is 0 Å². The molecule has 2 aliphatic rings. The molecule has 4 rings (SSSR count). The van der Waals surface area contributed by atoms with Crippen LogP contribution in [-0.4, -0.2) is 78.4 Å². The Morgan fingerprint density at radius 1 is 1.00 bits per heavy atom. The number of Topliss-reactive ketones (excluding diaryl/α,β-unsaturated/α-hetero) is 1. The highest BCUT2D eigenvalue weighted by Crippen LogP contribution is 2.60. The zero-order valence-electron chi connectivity index (χ0n) is 19.5. The van der Waals surface area contributed by atoms with Gasteiger partial charge in [-0.25, -0.2) is 0 Å². The lowest BCUT2D eigenvalue weighted by molar-refractivity contribution is -0.204. The average molecular weight is 465 g/mol. The molecule has 2 aromatic rings. The van der Waals surface area contributed by atoms with Gasteiger partial charge in [-0.3, -0.25) is 29.3 Å². The van der Waals surface area contributed by atoms with E-state index in [0.717, 1.165) is 0 Å². The number of ketones is 1. The molecule has 2 aliphatic heterocycles. The fraction of sp³-hybridized carbons (Fsp3) is 0.400. The van der Waals surface area contributed by atoms with Crippen molar-refractivity contribution in [2.45, 2.75) is 12.1 Å². The molecule has 0 aromatic carbocycles. The number of carbonyl (C=O) groups excluding carboxylic acids is 3. The highest BCUT2D eigenvalue weighted by molar-refractivity contribution is 6.17. The van der Waals surface area contributed by atoms with Gasteiger partial charge in [-0.1, -0.05) is 18.2 Å². The minimum atomic E-state index is -1.72. The first kappa shape index (κ1) is 23.7. The van der Waals surface area contributed by atoms with Crippen molar-refractivity contribution < 1.29 is 23.9 Å². The lowest BCUT2D eigenvalue weighted by Crippen LogP contribution is -2.75. The van der Waals surface area contributed by atoms with Crippen LogP contribution in [0.5, 0.6) is 0 Å². The van der Waals surface area contributed by atoms with Gasteiger partial charge in [0, 0.05) is 32.0 Å². The molecule has 0 radical (unpaired) electrons. The predicted molar refractivity (Wildman–Crippen MR) is 122 cm³/mol. The molecule has 4 heterocycles. The van der Waals surface area contributed by atoms with Gasteiger partial charge in [-0.05, 0) is 31.3 Å². The number of hydrogen-bond acceptors (Lipinski definition) is 9. The highest BCUT2D eigenvalue weighted by atomic mass is 16.5. The summed E-state index contributed by atoms with van der Waals surface area (Å²) in [5, 5.41) is 0. The average Bonchev–Trinajstić information content (AvgIpc) is 2.86. The lowest BCUT2D eigenvalue weighted by Gasteiger charge is -2.60. The zero-order chi connectivity index (χ0) is 24.5. The Hall–Kier alpha value is -3.43. The van der Waals surface area contributed by atoms with Crippen molar-refractivity contribution in [2.24, 2.45) is 10.8 Å². The Balaban J connectivity index is 2.12. The highest BCUT2D eigenvalue weighted by Gasteiger charge is 2.75. The topological polar surface area (TPSA) is 102 Å². The van der Waals surface area contributed by atoms with Crippen LogP contribution in [0.4, 0.5) is 0 Å². The normalized spacial score (nSPS) is 29.3. The molecule has 2 saturated heterocycles. The smallest absolute Gasteiger partial charge is 0.322 e. The molecule has 9 nitrogen and oxygen atoms in total. The number of esters is 2. The first-order valence-electron chi connectivity index (χ1n) is 11.0. The Morgan fingerprint density at radius 3 is 1.82 bits per heavy atom. The summed E-state index contributed by atoms with van der Waals surface area (Å²) in [6.07, 6.45) is 4.90. The molecule has 0 amide bonds. The SMILES string of the molecule is C=CCN1[C@@H](c2ccccn2)C2(C(=O)OC)CN(C)CC(C(=O)OC)(C2=O)[C@@H]1c1ccccn1. The molecule has 34 heavy (non-hydrogen) atoms. The number of methoxy groups -OCH3 is 2. The number of rotatable bonds is 6. The molecule has 0 aliphatic carbocycles. The van der Waals surface area contributed by atoms with Crippen LogP contribution in [0.15, 0.2) is 61.4 Å². The van der Waals surface area contributed by atoms with Crippen LogP contribution in [0.2, 0.25) is 0 Å². The molecule has 178 valence electrons. The van der Waals surface area contributed by atoms with Gasteiger partial charge in [0.1, 0.15) is 0 Å². The van der Waals surface area contributed by atoms with Gasteiger partial charge in [-0.2, -0.15) is 0 Å². The first-order chi connectivity index (χ1) is 16.4. The van der Waals surface area contributed by atoms with E-state index in [4.69, 9.17) is 9.47 Å². The van der Waals surface area contributed by atoms with E-state index in [1.54, 1.807) is 61.9 Å². The van der Waals surface area contributed by atoms with Crippen molar-refractivity contribution in [3.8, 4) is 0 Å². The molecular weight excluding hydrogens is 436 g/mol. The van der Waals surface area contributed by atoms with Crippen molar-refractivity contribution in [3.05, 3.63) is 72.8 Å². The van der Waals surface area contributed by atoms with Crippen LogP contribution in [0.25, 0.3) is 0 Å². The number of hydrogen-bond donors (Lipinski definition) is 0. The summed E-state index contributed by atoms with van der Waals surface area (Å²) in [6, 6.07) is 9.00. The number of aromatic nitrogens is 2. The molecule has 2 fully saturated rings. The predicted octanol–water partition coefficient (Wildman–Crippen LogP) is 1.59. The first-order valence-corrected chi connectivity index (χ1v) is 11.0. The number of nitrogens with zero attached hydrogens (tertiary/aromatic N) is 4. The third kappa shape index (κ3) is 3.26. The van der Waals surface area contributed by atoms with Crippen LogP contribution in [-0.2, 0) is 23.9 Å². The summed E-state index contributed by atoms with van der Waals surface area (Å²) in [4.78, 5) is 54.5. The number of carbonyl (C=O) groups is 3. The minimum Gasteiger partial charge on any atom is -0.468 e. The molecule has 9 heteroatoms. The van der Waals surface area contributed by atoms with Crippen molar-refractivity contribution >= 4 is 17.7 Å². The molecule has 2 unspecified atom stereocenters. The van der Waals surface area contributed by atoms with Crippen molar-refractivity contribution in [1.29, 1.82) is 0 Å². The van der Waals surface area contributed by atoms with Crippen LogP contribution >= 0.6 is 0 Å². The van der Waals surface area contributed by atoms with Crippen molar-refractivity contribution in [2.75, 3.05) is 40.9 Å². The Bertz CT molecular complexity index is 1020. The fourth-order valence-corrected chi connectivity index (χ4v) is 5.77. The van der Waals surface area contributed by atoms with E-state index in [9.17, 15) is 14.4 Å². The van der Waals surface area contributed by atoms with Crippen molar-refractivity contribution in [1.82, 2.24) is 19.8 Å². The van der Waals surface area contributed by atoms with Gasteiger partial charge in [0.05, 0.1) is 37.7 Å². The maximum Gasteiger partial charge on any atom is 0.322 e. The summed E-state index contributed by atoms with van der Waals surface area (Å²) in [7, 11) is 4.27. The largest absolute Gasteiger partial charge is 0.468 e. The maximum absolute atomic E-state index is 14.6. The quantitative estimate of drug-likeness (QED) is 0.358. The van der Waals surface area contributed by atoms with E-state index in [2.05, 4.69) is 16.5 Å². The molecular formula is C25H28N4O5. The van der Waals surface area contributed by atoms with Crippen LogP contribution < -0.4 is 0 Å². The molecule has 0 spiro atoms. The Morgan fingerprint density at radius 2 is 1.47 bits per heavy atom. The monoisotopic (exact) mass is 464 g/mol. The van der Waals surface area contributed by atoms with Gasteiger partial charge in [0.25, 0.3) is 0 Å². The van der Waals surface area contributed by atoms with Crippen LogP contribution in [0, 0.1) is 10.8 Å². The number of likely N-dealkylation sites (tertiary alicyclic amines) is 2. The minimum absolute atomic E-state index is 0.0566. The van der Waals surface area contributed by atoms with E-state index < -0.39 is 40.6 Å². The van der Waals surface area contributed by atoms with Gasteiger partial charge in [0.15, 0.2) is 16.6 Å².